The first kappa shape index (κ1) is 7.73. The average Bonchev–Trinajstić information content (AvgIpc) is 2.57. The van der Waals surface area contributed by atoms with E-state index in [1.165, 1.54) is 0 Å². The summed E-state index contributed by atoms with van der Waals surface area (Å²) in [6.07, 6.45) is 4.64. The van der Waals surface area contributed by atoms with Crippen LogP contribution in [0.25, 0.3) is 0 Å². The number of aromatic nitrogens is 3. The summed E-state index contributed by atoms with van der Waals surface area (Å²) in [4.78, 5) is 0. The van der Waals surface area contributed by atoms with E-state index in [0.717, 1.165) is 19.3 Å². The molecule has 0 amide bonds. The van der Waals surface area contributed by atoms with Gasteiger partial charge >= 0.3 is 0 Å². The summed E-state index contributed by atoms with van der Waals surface area (Å²) in [6, 6.07) is 0. The molecule has 2 N–H and O–H groups in total. The third-order valence-corrected chi connectivity index (χ3v) is 2.57. The molecule has 0 aromatic carbocycles. The molecule has 12 heavy (non-hydrogen) atoms. The molecule has 0 bridgehead atoms. The van der Waals surface area contributed by atoms with Gasteiger partial charge in [-0.25, -0.2) is 0 Å². The number of nitrogens with zero attached hydrogens (tertiary/aromatic N) is 2. The number of aromatic amines is 1. The van der Waals surface area contributed by atoms with Crippen molar-refractivity contribution < 1.29 is 5.11 Å². The van der Waals surface area contributed by atoms with Gasteiger partial charge in [-0.15, -0.1) is 0 Å². The summed E-state index contributed by atoms with van der Waals surface area (Å²) < 4.78 is 0. The Hall–Kier alpha value is -0.900. The van der Waals surface area contributed by atoms with Crippen LogP contribution in [-0.4, -0.2) is 20.5 Å². The molecular formula is C8H13N3O. The van der Waals surface area contributed by atoms with Crippen molar-refractivity contribution >= 4 is 0 Å². The molecule has 4 nitrogen and oxygen atoms in total. The monoisotopic (exact) mass is 167 g/mol. The fourth-order valence-electron chi connectivity index (χ4n) is 1.73. The van der Waals surface area contributed by atoms with E-state index in [9.17, 15) is 5.11 Å². The summed E-state index contributed by atoms with van der Waals surface area (Å²) >= 11 is 0. The van der Waals surface area contributed by atoms with Gasteiger partial charge in [0.1, 0.15) is 11.3 Å². The number of rotatable bonds is 3. The predicted octanol–water partition coefficient (Wildman–Crippen LogP) is 0.812. The van der Waals surface area contributed by atoms with Crippen LogP contribution in [0.1, 0.15) is 31.9 Å². The van der Waals surface area contributed by atoms with E-state index >= 15 is 0 Å². The lowest BCUT2D eigenvalue weighted by atomic mass is 10.1. The first-order chi connectivity index (χ1) is 5.77. The van der Waals surface area contributed by atoms with E-state index < -0.39 is 5.60 Å². The van der Waals surface area contributed by atoms with E-state index in [-0.39, 0.29) is 0 Å². The lowest BCUT2D eigenvalue weighted by molar-refractivity contribution is 0.124. The van der Waals surface area contributed by atoms with E-state index in [1.807, 2.05) is 0 Å². The zero-order valence-electron chi connectivity index (χ0n) is 7.12. The summed E-state index contributed by atoms with van der Waals surface area (Å²) in [5, 5.41) is 20.1. The van der Waals surface area contributed by atoms with E-state index in [1.54, 1.807) is 6.20 Å². The largest absolute Gasteiger partial charge is 0.383 e. The molecule has 0 spiro atoms. The zero-order chi connectivity index (χ0) is 8.60. The molecule has 2 rings (SSSR count). The molecule has 1 aromatic heterocycles. The second-order valence-electron chi connectivity index (χ2n) is 3.47. The maximum Gasteiger partial charge on any atom is 0.114 e. The van der Waals surface area contributed by atoms with Crippen LogP contribution in [0.5, 0.6) is 0 Å². The molecule has 1 aromatic rings. The number of hydrogen-bond acceptors (Lipinski definition) is 3. The van der Waals surface area contributed by atoms with Crippen LogP contribution in [0.3, 0.4) is 0 Å². The van der Waals surface area contributed by atoms with Crippen molar-refractivity contribution in [2.24, 2.45) is 5.92 Å². The molecule has 1 heterocycles. The van der Waals surface area contributed by atoms with E-state index in [4.69, 9.17) is 0 Å². The highest BCUT2D eigenvalue weighted by molar-refractivity contribution is 5.18. The predicted molar refractivity (Wildman–Crippen MR) is 43.3 cm³/mol. The quantitative estimate of drug-likeness (QED) is 0.700. The van der Waals surface area contributed by atoms with Crippen LogP contribution in [0.4, 0.5) is 0 Å². The minimum absolute atomic E-state index is 0.396. The normalized spacial score (nSPS) is 33.7. The van der Waals surface area contributed by atoms with Crippen LogP contribution >= 0.6 is 0 Å². The van der Waals surface area contributed by atoms with Crippen molar-refractivity contribution in [2.45, 2.75) is 31.8 Å². The highest BCUT2D eigenvalue weighted by Crippen LogP contribution is 2.53. The topological polar surface area (TPSA) is 61.8 Å². The maximum absolute atomic E-state index is 9.96. The molecule has 4 heteroatoms. The van der Waals surface area contributed by atoms with Gasteiger partial charge in [-0.1, -0.05) is 13.3 Å². The summed E-state index contributed by atoms with van der Waals surface area (Å²) in [7, 11) is 0. The summed E-state index contributed by atoms with van der Waals surface area (Å²) in [5.41, 5.74) is 0.0316. The van der Waals surface area contributed by atoms with Crippen molar-refractivity contribution in [2.75, 3.05) is 0 Å². The third-order valence-electron chi connectivity index (χ3n) is 2.57. The second-order valence-corrected chi connectivity index (χ2v) is 3.47. The van der Waals surface area contributed by atoms with Gasteiger partial charge in [0.15, 0.2) is 0 Å². The Balaban J connectivity index is 2.07. The van der Waals surface area contributed by atoms with Gasteiger partial charge in [-0.3, -0.25) is 0 Å². The molecule has 0 saturated heterocycles. The van der Waals surface area contributed by atoms with Crippen LogP contribution in [-0.2, 0) is 5.60 Å². The molecule has 1 fully saturated rings. The molecule has 2 unspecified atom stereocenters. The molecule has 66 valence electrons. The van der Waals surface area contributed by atoms with Crippen LogP contribution in [0.2, 0.25) is 0 Å². The fourth-order valence-corrected chi connectivity index (χ4v) is 1.73. The molecule has 1 saturated carbocycles. The lowest BCUT2D eigenvalue weighted by Crippen LogP contribution is -2.09. The number of hydrogen-bond donors (Lipinski definition) is 2. The first-order valence-corrected chi connectivity index (χ1v) is 4.36. The van der Waals surface area contributed by atoms with E-state index in [2.05, 4.69) is 22.3 Å². The van der Waals surface area contributed by atoms with Gasteiger partial charge < -0.3 is 5.11 Å². The Labute approximate surface area is 71.0 Å². The standard InChI is InChI=1S/C8H13N3O/c1-2-3-6-4-8(6,12)7-5-9-11-10-7/h5-6,12H,2-4H2,1H3,(H,9,10,11). The molecule has 0 aliphatic heterocycles. The Morgan fingerprint density at radius 2 is 2.67 bits per heavy atom. The number of aliphatic hydroxyl groups is 1. The van der Waals surface area contributed by atoms with Gasteiger partial charge in [0.05, 0.1) is 6.20 Å². The molecular weight excluding hydrogens is 154 g/mol. The van der Waals surface area contributed by atoms with Crippen molar-refractivity contribution in [1.82, 2.24) is 15.4 Å². The van der Waals surface area contributed by atoms with Crippen LogP contribution in [0, 0.1) is 5.92 Å². The minimum atomic E-state index is -0.664. The SMILES string of the molecule is CCCC1CC1(O)c1cn[nH]n1. The van der Waals surface area contributed by atoms with Crippen LogP contribution in [0.15, 0.2) is 6.20 Å². The van der Waals surface area contributed by atoms with Crippen LogP contribution < -0.4 is 0 Å². The van der Waals surface area contributed by atoms with Crippen molar-refractivity contribution in [3.05, 3.63) is 11.9 Å². The minimum Gasteiger partial charge on any atom is -0.383 e. The zero-order valence-corrected chi connectivity index (χ0v) is 7.12. The molecule has 2 atom stereocenters. The van der Waals surface area contributed by atoms with Crippen molar-refractivity contribution in [3.8, 4) is 0 Å². The fraction of sp³-hybridized carbons (Fsp3) is 0.750. The Kier molecular flexibility index (Phi) is 1.65. The highest BCUT2D eigenvalue weighted by Gasteiger charge is 2.55. The van der Waals surface area contributed by atoms with Gasteiger partial charge in [-0.2, -0.15) is 15.4 Å². The molecule has 1 aliphatic carbocycles. The Morgan fingerprint density at radius 1 is 1.83 bits per heavy atom. The average molecular weight is 167 g/mol. The van der Waals surface area contributed by atoms with Gasteiger partial charge in [0.2, 0.25) is 0 Å². The third kappa shape index (κ3) is 1.03. The summed E-state index contributed by atoms with van der Waals surface area (Å²) in [6.45, 7) is 2.13. The van der Waals surface area contributed by atoms with Gasteiger partial charge in [0.25, 0.3) is 0 Å². The Bertz CT molecular complexity index is 259. The Morgan fingerprint density at radius 3 is 3.25 bits per heavy atom. The number of H-pyrrole nitrogens is 1. The summed E-state index contributed by atoms with van der Waals surface area (Å²) in [5.74, 6) is 0.396. The van der Waals surface area contributed by atoms with E-state index in [0.29, 0.717) is 11.6 Å². The first-order valence-electron chi connectivity index (χ1n) is 4.36. The number of nitrogens with one attached hydrogen (secondary N) is 1. The maximum atomic E-state index is 9.96. The van der Waals surface area contributed by atoms with Crippen molar-refractivity contribution in [1.29, 1.82) is 0 Å². The molecule has 1 aliphatic rings. The smallest absolute Gasteiger partial charge is 0.114 e. The van der Waals surface area contributed by atoms with Gasteiger partial charge in [0, 0.05) is 0 Å². The second kappa shape index (κ2) is 2.55. The molecule has 0 radical (unpaired) electrons. The lowest BCUT2D eigenvalue weighted by Gasteiger charge is -2.04. The highest BCUT2D eigenvalue weighted by atomic mass is 16.3. The van der Waals surface area contributed by atoms with Gasteiger partial charge in [-0.05, 0) is 18.8 Å². The van der Waals surface area contributed by atoms with Crippen molar-refractivity contribution in [3.63, 3.8) is 0 Å².